The van der Waals surface area contributed by atoms with Crippen molar-refractivity contribution in [3.05, 3.63) is 42.6 Å². The summed E-state index contributed by atoms with van der Waals surface area (Å²) in [4.78, 5) is 4.40. The molecule has 2 rings (SSSR count). The average Bonchev–Trinajstić information content (AvgIpc) is 2.33. The molecule has 1 aromatic carbocycles. The van der Waals surface area contributed by atoms with E-state index in [1.165, 1.54) is 24.4 Å². The van der Waals surface area contributed by atoms with Gasteiger partial charge in [0, 0.05) is 16.8 Å². The fourth-order valence-corrected chi connectivity index (χ4v) is 2.65. The van der Waals surface area contributed by atoms with Crippen molar-refractivity contribution in [2.75, 3.05) is 10.5 Å². The molecule has 0 saturated heterocycles. The SMILES string of the molecule is Nc1ccc(S(=O)(=O)Nc2ccccn2)cc1S. The Bertz CT molecular complexity index is 657. The van der Waals surface area contributed by atoms with Gasteiger partial charge in [0.1, 0.15) is 5.82 Å². The van der Waals surface area contributed by atoms with E-state index >= 15 is 0 Å². The van der Waals surface area contributed by atoms with Crippen LogP contribution in [0.4, 0.5) is 11.5 Å². The second-order valence-corrected chi connectivity index (χ2v) is 5.71. The van der Waals surface area contributed by atoms with Crippen LogP contribution in [0.2, 0.25) is 0 Å². The van der Waals surface area contributed by atoms with Crippen LogP contribution in [-0.2, 0) is 10.0 Å². The van der Waals surface area contributed by atoms with Crippen LogP contribution in [-0.4, -0.2) is 13.4 Å². The summed E-state index contributed by atoms with van der Waals surface area (Å²) in [5, 5.41) is 0. The Kier molecular flexibility index (Phi) is 3.44. The first kappa shape index (κ1) is 12.7. The average molecular weight is 281 g/mol. The third-order valence-electron chi connectivity index (χ3n) is 2.22. The summed E-state index contributed by atoms with van der Waals surface area (Å²) in [5.41, 5.74) is 6.01. The van der Waals surface area contributed by atoms with Gasteiger partial charge in [-0.1, -0.05) is 6.07 Å². The normalized spacial score (nSPS) is 11.2. The van der Waals surface area contributed by atoms with Crippen LogP contribution in [0.25, 0.3) is 0 Å². The number of anilines is 2. The van der Waals surface area contributed by atoms with E-state index in [1.807, 2.05) is 0 Å². The van der Waals surface area contributed by atoms with E-state index in [2.05, 4.69) is 22.3 Å². The molecular formula is C11H11N3O2S2. The molecule has 0 aliphatic rings. The second kappa shape index (κ2) is 4.87. The lowest BCUT2D eigenvalue weighted by Gasteiger charge is -2.08. The molecule has 0 aliphatic carbocycles. The number of thiol groups is 1. The minimum atomic E-state index is -3.67. The predicted molar refractivity (Wildman–Crippen MR) is 73.2 cm³/mol. The number of hydrogen-bond acceptors (Lipinski definition) is 5. The molecule has 0 bridgehead atoms. The Morgan fingerprint density at radius 3 is 2.61 bits per heavy atom. The van der Waals surface area contributed by atoms with Crippen LogP contribution >= 0.6 is 12.6 Å². The maximum absolute atomic E-state index is 12.0. The fraction of sp³-hybridized carbons (Fsp3) is 0. The molecule has 7 heteroatoms. The number of nitrogens with two attached hydrogens (primary N) is 1. The first-order valence-corrected chi connectivity index (χ1v) is 6.94. The lowest BCUT2D eigenvalue weighted by molar-refractivity contribution is 0.601. The number of pyridine rings is 1. The highest BCUT2D eigenvalue weighted by molar-refractivity contribution is 7.92. The number of hydrogen-bond donors (Lipinski definition) is 3. The lowest BCUT2D eigenvalue weighted by atomic mass is 10.3. The Balaban J connectivity index is 2.34. The quantitative estimate of drug-likeness (QED) is 0.591. The summed E-state index contributed by atoms with van der Waals surface area (Å²) in [6, 6.07) is 9.26. The summed E-state index contributed by atoms with van der Waals surface area (Å²) in [7, 11) is -3.67. The maximum Gasteiger partial charge on any atom is 0.263 e. The van der Waals surface area contributed by atoms with E-state index in [4.69, 9.17) is 5.73 Å². The number of nitrogens with one attached hydrogen (secondary N) is 1. The molecule has 0 unspecified atom stereocenters. The Morgan fingerprint density at radius 2 is 2.00 bits per heavy atom. The van der Waals surface area contributed by atoms with E-state index in [0.29, 0.717) is 10.6 Å². The minimum Gasteiger partial charge on any atom is -0.398 e. The largest absolute Gasteiger partial charge is 0.398 e. The van der Waals surface area contributed by atoms with Crippen molar-refractivity contribution < 1.29 is 8.42 Å². The number of sulfonamides is 1. The number of benzene rings is 1. The van der Waals surface area contributed by atoms with Gasteiger partial charge in [0.25, 0.3) is 10.0 Å². The summed E-state index contributed by atoms with van der Waals surface area (Å²) in [5.74, 6) is 0.259. The molecule has 94 valence electrons. The monoisotopic (exact) mass is 281 g/mol. The van der Waals surface area contributed by atoms with Crippen molar-refractivity contribution in [2.45, 2.75) is 9.79 Å². The van der Waals surface area contributed by atoms with E-state index in [-0.39, 0.29) is 10.7 Å². The molecule has 0 amide bonds. The highest BCUT2D eigenvalue weighted by atomic mass is 32.2. The third kappa shape index (κ3) is 2.74. The fourth-order valence-electron chi connectivity index (χ4n) is 1.31. The van der Waals surface area contributed by atoms with Crippen LogP contribution in [0.3, 0.4) is 0 Å². The van der Waals surface area contributed by atoms with Crippen molar-refractivity contribution in [1.82, 2.24) is 4.98 Å². The van der Waals surface area contributed by atoms with Crippen molar-refractivity contribution >= 4 is 34.2 Å². The molecule has 0 fully saturated rings. The van der Waals surface area contributed by atoms with Crippen molar-refractivity contribution in [1.29, 1.82) is 0 Å². The Labute approximate surface area is 111 Å². The van der Waals surface area contributed by atoms with E-state index in [9.17, 15) is 8.42 Å². The molecule has 3 N–H and O–H groups in total. The summed E-state index contributed by atoms with van der Waals surface area (Å²) in [6.07, 6.45) is 1.50. The van der Waals surface area contributed by atoms with Crippen LogP contribution in [0.1, 0.15) is 0 Å². The molecule has 1 aromatic heterocycles. The predicted octanol–water partition coefficient (Wildman–Crippen LogP) is 1.75. The number of nitrogen functional groups attached to an aromatic ring is 1. The minimum absolute atomic E-state index is 0.0901. The molecule has 18 heavy (non-hydrogen) atoms. The van der Waals surface area contributed by atoms with Gasteiger partial charge in [-0.05, 0) is 30.3 Å². The molecule has 0 atom stereocenters. The van der Waals surface area contributed by atoms with Crippen LogP contribution in [0.5, 0.6) is 0 Å². The van der Waals surface area contributed by atoms with Gasteiger partial charge in [-0.25, -0.2) is 13.4 Å². The highest BCUT2D eigenvalue weighted by Crippen LogP contribution is 2.22. The lowest BCUT2D eigenvalue weighted by Crippen LogP contribution is -2.13. The second-order valence-electron chi connectivity index (χ2n) is 3.54. The van der Waals surface area contributed by atoms with Crippen molar-refractivity contribution in [3.63, 3.8) is 0 Å². The molecule has 0 radical (unpaired) electrons. The molecule has 1 heterocycles. The molecule has 0 spiro atoms. The first-order valence-electron chi connectivity index (χ1n) is 5.01. The molecular weight excluding hydrogens is 270 g/mol. The van der Waals surface area contributed by atoms with Gasteiger partial charge in [0.2, 0.25) is 0 Å². The standard InChI is InChI=1S/C11H11N3O2S2/c12-9-5-4-8(7-10(9)17)18(15,16)14-11-3-1-2-6-13-11/h1-7,17H,12H2,(H,13,14). The topological polar surface area (TPSA) is 85.1 Å². The van der Waals surface area contributed by atoms with Crippen LogP contribution in [0, 0.1) is 0 Å². The highest BCUT2D eigenvalue weighted by Gasteiger charge is 2.15. The van der Waals surface area contributed by atoms with Crippen molar-refractivity contribution in [2.24, 2.45) is 0 Å². The smallest absolute Gasteiger partial charge is 0.263 e. The molecule has 0 saturated carbocycles. The van der Waals surface area contributed by atoms with Crippen molar-refractivity contribution in [3.8, 4) is 0 Å². The Morgan fingerprint density at radius 1 is 1.22 bits per heavy atom. The van der Waals surface area contributed by atoms with Gasteiger partial charge in [0.15, 0.2) is 0 Å². The third-order valence-corrected chi connectivity index (χ3v) is 3.96. The maximum atomic E-state index is 12.0. The summed E-state index contributed by atoms with van der Waals surface area (Å²) < 4.78 is 26.4. The zero-order chi connectivity index (χ0) is 13.2. The number of rotatable bonds is 3. The summed E-state index contributed by atoms with van der Waals surface area (Å²) in [6.45, 7) is 0. The van der Waals surface area contributed by atoms with Gasteiger partial charge < -0.3 is 5.73 Å². The van der Waals surface area contributed by atoms with Crippen LogP contribution < -0.4 is 10.5 Å². The first-order chi connectivity index (χ1) is 8.49. The van der Waals surface area contributed by atoms with Gasteiger partial charge in [-0.15, -0.1) is 12.6 Å². The molecule has 0 aliphatic heterocycles. The summed E-state index contributed by atoms with van der Waals surface area (Å²) >= 11 is 4.09. The zero-order valence-electron chi connectivity index (χ0n) is 9.24. The van der Waals surface area contributed by atoms with E-state index in [0.717, 1.165) is 0 Å². The Hall–Kier alpha value is -1.73. The zero-order valence-corrected chi connectivity index (χ0v) is 10.9. The number of aromatic nitrogens is 1. The van der Waals surface area contributed by atoms with E-state index in [1.54, 1.807) is 18.2 Å². The van der Waals surface area contributed by atoms with Gasteiger partial charge in [0.05, 0.1) is 4.90 Å². The van der Waals surface area contributed by atoms with E-state index < -0.39 is 10.0 Å². The van der Waals surface area contributed by atoms with Gasteiger partial charge in [-0.3, -0.25) is 4.72 Å². The van der Waals surface area contributed by atoms with Gasteiger partial charge >= 0.3 is 0 Å². The molecule has 2 aromatic rings. The van der Waals surface area contributed by atoms with Gasteiger partial charge in [-0.2, -0.15) is 0 Å². The van der Waals surface area contributed by atoms with Crippen LogP contribution in [0.15, 0.2) is 52.4 Å². The number of nitrogens with zero attached hydrogens (tertiary/aromatic N) is 1. The molecule has 5 nitrogen and oxygen atoms in total.